The van der Waals surface area contributed by atoms with Gasteiger partial charge in [-0.3, -0.25) is 14.9 Å². The van der Waals surface area contributed by atoms with Gasteiger partial charge < -0.3 is 14.2 Å². The zero-order chi connectivity index (χ0) is 24.8. The van der Waals surface area contributed by atoms with Crippen LogP contribution in [-0.2, 0) is 9.59 Å². The maximum absolute atomic E-state index is 13.2. The van der Waals surface area contributed by atoms with Gasteiger partial charge in [0, 0.05) is 0 Å². The lowest BCUT2D eigenvalue weighted by Gasteiger charge is -2.26. The Kier molecular flexibility index (Phi) is 8.17. The van der Waals surface area contributed by atoms with Crippen LogP contribution in [0.15, 0.2) is 42.0 Å². The number of urea groups is 1. The number of unbranched alkanes of at least 4 members (excludes halogenated alkanes) is 1. The summed E-state index contributed by atoms with van der Waals surface area (Å²) in [6, 6.07) is 8.84. The molecule has 1 fully saturated rings. The molecule has 9 heteroatoms. The Morgan fingerprint density at radius 2 is 1.82 bits per heavy atom. The molecule has 0 aliphatic carbocycles. The molecule has 180 valence electrons. The Morgan fingerprint density at radius 1 is 1.12 bits per heavy atom. The lowest BCUT2D eigenvalue weighted by molar-refractivity contribution is -0.122. The minimum Gasteiger partial charge on any atom is -0.494 e. The van der Waals surface area contributed by atoms with Gasteiger partial charge >= 0.3 is 6.03 Å². The largest absolute Gasteiger partial charge is 0.494 e. The smallest absolute Gasteiger partial charge is 0.335 e. The Labute approximate surface area is 203 Å². The summed E-state index contributed by atoms with van der Waals surface area (Å²) in [6.07, 6.45) is 3.15. The fraction of sp³-hybridized carbons (Fsp3) is 0.320. The molecule has 34 heavy (non-hydrogen) atoms. The lowest BCUT2D eigenvalue weighted by Crippen LogP contribution is -2.54. The number of carbonyl (C=O) groups is 3. The van der Waals surface area contributed by atoms with Gasteiger partial charge in [-0.1, -0.05) is 24.9 Å². The number of halogens is 1. The molecule has 0 atom stereocenters. The first kappa shape index (κ1) is 25.1. The van der Waals surface area contributed by atoms with Crippen molar-refractivity contribution in [2.24, 2.45) is 0 Å². The quantitative estimate of drug-likeness (QED) is 0.305. The summed E-state index contributed by atoms with van der Waals surface area (Å²) in [5.74, 6) is -0.226. The second-order valence-electron chi connectivity index (χ2n) is 7.85. The Bertz CT molecular complexity index is 1110. The number of imide groups is 2. The van der Waals surface area contributed by atoms with Gasteiger partial charge in [0.25, 0.3) is 11.8 Å². The Balaban J connectivity index is 1.91. The van der Waals surface area contributed by atoms with Crippen molar-refractivity contribution in [1.29, 1.82) is 0 Å². The third-order valence-corrected chi connectivity index (χ3v) is 5.16. The predicted octanol–water partition coefficient (Wildman–Crippen LogP) is 4.98. The van der Waals surface area contributed by atoms with E-state index in [9.17, 15) is 14.4 Å². The normalized spacial score (nSPS) is 15.1. The van der Waals surface area contributed by atoms with Crippen molar-refractivity contribution >= 4 is 41.2 Å². The standard InChI is InChI=1S/C25H27ClN2O6/c1-5-6-11-33-18-9-7-17(8-10-18)28-24(30)19(23(29)27-25(28)31)12-16-13-20(26)22(34-15(2)3)21(14-16)32-4/h7-10,12-15H,5-6,11H2,1-4H3,(H,27,29,31)/b19-12-. The van der Waals surface area contributed by atoms with Gasteiger partial charge in [-0.05, 0) is 68.3 Å². The van der Waals surface area contributed by atoms with Crippen LogP contribution in [0.25, 0.3) is 6.08 Å². The summed E-state index contributed by atoms with van der Waals surface area (Å²) in [6.45, 7) is 6.35. The number of benzene rings is 2. The van der Waals surface area contributed by atoms with E-state index in [1.807, 2.05) is 13.8 Å². The molecule has 1 saturated heterocycles. The van der Waals surface area contributed by atoms with Crippen molar-refractivity contribution in [2.75, 3.05) is 18.6 Å². The summed E-state index contributed by atoms with van der Waals surface area (Å²) in [4.78, 5) is 39.0. The SMILES string of the molecule is CCCCOc1ccc(N2C(=O)NC(=O)/C(=C/c3cc(Cl)c(OC(C)C)c(OC)c3)C2=O)cc1. The number of methoxy groups -OCH3 is 1. The molecule has 1 aliphatic heterocycles. The molecule has 0 radical (unpaired) electrons. The molecule has 2 aromatic carbocycles. The first-order valence-corrected chi connectivity index (χ1v) is 11.3. The first-order chi connectivity index (χ1) is 16.2. The van der Waals surface area contributed by atoms with Gasteiger partial charge in [-0.25, -0.2) is 9.69 Å². The van der Waals surface area contributed by atoms with Gasteiger partial charge in [-0.2, -0.15) is 0 Å². The number of hydrogen-bond acceptors (Lipinski definition) is 6. The van der Waals surface area contributed by atoms with Crippen LogP contribution in [0.3, 0.4) is 0 Å². The van der Waals surface area contributed by atoms with Gasteiger partial charge in [0.2, 0.25) is 0 Å². The van der Waals surface area contributed by atoms with Gasteiger partial charge in [-0.15, -0.1) is 0 Å². The maximum Gasteiger partial charge on any atom is 0.335 e. The van der Waals surface area contributed by atoms with Crippen LogP contribution < -0.4 is 24.4 Å². The molecule has 2 aromatic rings. The highest BCUT2D eigenvalue weighted by molar-refractivity contribution is 6.39. The molecule has 8 nitrogen and oxygen atoms in total. The lowest BCUT2D eigenvalue weighted by atomic mass is 10.1. The van der Waals surface area contributed by atoms with E-state index in [2.05, 4.69) is 12.2 Å². The van der Waals surface area contributed by atoms with E-state index < -0.39 is 17.8 Å². The molecule has 0 spiro atoms. The van der Waals surface area contributed by atoms with Crippen LogP contribution in [0, 0.1) is 0 Å². The van der Waals surface area contributed by atoms with Crippen molar-refractivity contribution in [3.05, 3.63) is 52.6 Å². The van der Waals surface area contributed by atoms with E-state index >= 15 is 0 Å². The number of hydrogen-bond donors (Lipinski definition) is 1. The maximum atomic E-state index is 13.2. The molecule has 0 bridgehead atoms. The number of carbonyl (C=O) groups excluding carboxylic acids is 3. The summed E-state index contributed by atoms with van der Waals surface area (Å²) in [7, 11) is 1.46. The van der Waals surface area contributed by atoms with Crippen LogP contribution >= 0.6 is 11.6 Å². The monoisotopic (exact) mass is 486 g/mol. The fourth-order valence-electron chi connectivity index (χ4n) is 3.26. The molecule has 4 amide bonds. The van der Waals surface area contributed by atoms with E-state index in [-0.39, 0.29) is 16.7 Å². The number of barbiturate groups is 1. The molecular weight excluding hydrogens is 460 g/mol. The van der Waals surface area contributed by atoms with Crippen LogP contribution in [0.1, 0.15) is 39.2 Å². The summed E-state index contributed by atoms with van der Waals surface area (Å²) in [5, 5.41) is 2.46. The third-order valence-electron chi connectivity index (χ3n) is 4.88. The van der Waals surface area contributed by atoms with E-state index in [0.29, 0.717) is 35.1 Å². The number of anilines is 1. The van der Waals surface area contributed by atoms with Gasteiger partial charge in [0.15, 0.2) is 11.5 Å². The highest BCUT2D eigenvalue weighted by Gasteiger charge is 2.37. The summed E-state index contributed by atoms with van der Waals surface area (Å²) in [5.41, 5.74) is 0.518. The molecule has 1 aliphatic rings. The van der Waals surface area contributed by atoms with Crippen molar-refractivity contribution in [1.82, 2.24) is 5.32 Å². The third kappa shape index (κ3) is 5.69. The number of nitrogens with zero attached hydrogens (tertiary/aromatic N) is 1. The summed E-state index contributed by atoms with van der Waals surface area (Å²) < 4.78 is 16.7. The molecule has 0 aromatic heterocycles. The highest BCUT2D eigenvalue weighted by Crippen LogP contribution is 2.38. The molecular formula is C25H27ClN2O6. The van der Waals surface area contributed by atoms with Crippen molar-refractivity contribution in [3.8, 4) is 17.2 Å². The van der Waals surface area contributed by atoms with Crippen molar-refractivity contribution in [3.63, 3.8) is 0 Å². The van der Waals surface area contributed by atoms with E-state index in [4.69, 9.17) is 25.8 Å². The summed E-state index contributed by atoms with van der Waals surface area (Å²) >= 11 is 6.36. The number of amides is 4. The van der Waals surface area contributed by atoms with Crippen LogP contribution in [-0.4, -0.2) is 37.7 Å². The van der Waals surface area contributed by atoms with Crippen LogP contribution in [0.4, 0.5) is 10.5 Å². The average molecular weight is 487 g/mol. The Hall–Kier alpha value is -3.52. The van der Waals surface area contributed by atoms with Crippen molar-refractivity contribution in [2.45, 2.75) is 39.7 Å². The van der Waals surface area contributed by atoms with E-state index in [1.54, 1.807) is 36.4 Å². The second-order valence-corrected chi connectivity index (χ2v) is 8.26. The minimum atomic E-state index is -0.830. The van der Waals surface area contributed by atoms with Crippen LogP contribution in [0.2, 0.25) is 5.02 Å². The fourth-order valence-corrected chi connectivity index (χ4v) is 3.52. The molecule has 0 saturated carbocycles. The zero-order valence-electron chi connectivity index (χ0n) is 19.5. The van der Waals surface area contributed by atoms with Gasteiger partial charge in [0.1, 0.15) is 11.3 Å². The minimum absolute atomic E-state index is 0.135. The predicted molar refractivity (Wildman–Crippen MR) is 130 cm³/mol. The molecule has 1 N–H and O–H groups in total. The second kappa shape index (κ2) is 11.1. The molecule has 3 rings (SSSR count). The number of rotatable bonds is 9. The zero-order valence-corrected chi connectivity index (χ0v) is 20.3. The average Bonchev–Trinajstić information content (AvgIpc) is 2.79. The van der Waals surface area contributed by atoms with Crippen LogP contribution in [0.5, 0.6) is 17.2 Å². The highest BCUT2D eigenvalue weighted by atomic mass is 35.5. The van der Waals surface area contributed by atoms with E-state index in [1.165, 1.54) is 13.2 Å². The number of nitrogens with one attached hydrogen (secondary N) is 1. The number of ether oxygens (including phenoxy) is 3. The molecule has 1 heterocycles. The van der Waals surface area contributed by atoms with Crippen molar-refractivity contribution < 1.29 is 28.6 Å². The molecule has 0 unspecified atom stereocenters. The van der Waals surface area contributed by atoms with E-state index in [0.717, 1.165) is 17.7 Å². The van der Waals surface area contributed by atoms with Gasteiger partial charge in [0.05, 0.1) is 30.5 Å². The first-order valence-electron chi connectivity index (χ1n) is 10.9. The topological polar surface area (TPSA) is 94.2 Å². The Morgan fingerprint density at radius 3 is 2.44 bits per heavy atom.